The number of carbonyl (C=O) groups is 1. The molecule has 1 aliphatic heterocycles. The molecule has 0 N–H and O–H groups in total. The Kier molecular flexibility index (Phi) is 4.51. The van der Waals surface area contributed by atoms with Crippen molar-refractivity contribution in [2.24, 2.45) is 0 Å². The summed E-state index contributed by atoms with van der Waals surface area (Å²) in [5, 5.41) is 3.88. The Morgan fingerprint density at radius 1 is 1.23 bits per heavy atom. The van der Waals surface area contributed by atoms with Gasteiger partial charge in [0, 0.05) is 13.1 Å². The highest BCUT2D eigenvalue weighted by Gasteiger charge is 2.46. The molecule has 26 heavy (non-hydrogen) atoms. The first-order valence-electron chi connectivity index (χ1n) is 9.44. The van der Waals surface area contributed by atoms with Crippen LogP contribution in [0.3, 0.4) is 0 Å². The summed E-state index contributed by atoms with van der Waals surface area (Å²) in [5.74, 6) is 1.26. The van der Waals surface area contributed by atoms with Crippen LogP contribution in [0.1, 0.15) is 61.7 Å². The van der Waals surface area contributed by atoms with Crippen LogP contribution in [0.15, 0.2) is 28.8 Å². The summed E-state index contributed by atoms with van der Waals surface area (Å²) in [5.41, 5.74) is 0.428. The highest BCUT2D eigenvalue weighted by Crippen LogP contribution is 2.43. The molecular formula is C20H24FN3O2. The molecule has 2 aromatic rings. The number of likely N-dealkylation sites (tertiary alicyclic amines) is 1. The predicted octanol–water partition coefficient (Wildman–Crippen LogP) is 3.74. The average molecular weight is 357 g/mol. The van der Waals surface area contributed by atoms with E-state index in [1.165, 1.54) is 12.1 Å². The van der Waals surface area contributed by atoms with E-state index in [1.807, 2.05) is 4.90 Å². The smallest absolute Gasteiger partial charge is 0.233 e. The quantitative estimate of drug-likeness (QED) is 0.840. The maximum Gasteiger partial charge on any atom is 0.233 e. The molecule has 5 nitrogen and oxygen atoms in total. The van der Waals surface area contributed by atoms with Crippen LogP contribution in [0.4, 0.5) is 4.39 Å². The van der Waals surface area contributed by atoms with E-state index in [-0.39, 0.29) is 17.6 Å². The van der Waals surface area contributed by atoms with Crippen LogP contribution in [0, 0.1) is 12.7 Å². The third-order valence-electron chi connectivity index (χ3n) is 5.86. The molecule has 0 unspecified atom stereocenters. The maximum atomic E-state index is 13.6. The van der Waals surface area contributed by atoms with Gasteiger partial charge in [-0.2, -0.15) is 4.98 Å². The average Bonchev–Trinajstić information content (AvgIpc) is 3.32. The van der Waals surface area contributed by atoms with Gasteiger partial charge in [0.05, 0.1) is 11.3 Å². The highest BCUT2D eigenvalue weighted by atomic mass is 19.1. The Bertz CT molecular complexity index is 781. The number of halogens is 1. The van der Waals surface area contributed by atoms with Gasteiger partial charge in [0.2, 0.25) is 11.8 Å². The Morgan fingerprint density at radius 2 is 1.96 bits per heavy atom. The molecule has 4 rings (SSSR count). The highest BCUT2D eigenvalue weighted by molar-refractivity contribution is 5.88. The lowest BCUT2D eigenvalue weighted by Gasteiger charge is -2.38. The van der Waals surface area contributed by atoms with Crippen molar-refractivity contribution < 1.29 is 13.7 Å². The van der Waals surface area contributed by atoms with Crippen molar-refractivity contribution in [3.05, 3.63) is 47.4 Å². The van der Waals surface area contributed by atoms with Crippen LogP contribution in [0.25, 0.3) is 0 Å². The number of hydrogen-bond donors (Lipinski definition) is 0. The summed E-state index contributed by atoms with van der Waals surface area (Å²) in [6, 6.07) is 6.48. The third-order valence-corrected chi connectivity index (χ3v) is 5.86. The van der Waals surface area contributed by atoms with Gasteiger partial charge in [-0.05, 0) is 50.3 Å². The van der Waals surface area contributed by atoms with E-state index < -0.39 is 5.41 Å². The van der Waals surface area contributed by atoms with Crippen molar-refractivity contribution in [2.75, 3.05) is 13.1 Å². The minimum absolute atomic E-state index is 0.0978. The van der Waals surface area contributed by atoms with Crippen LogP contribution in [-0.4, -0.2) is 34.0 Å². The topological polar surface area (TPSA) is 59.2 Å². The molecule has 2 fully saturated rings. The molecule has 0 bridgehead atoms. The lowest BCUT2D eigenvalue weighted by atomic mass is 9.77. The first-order chi connectivity index (χ1) is 12.6. The van der Waals surface area contributed by atoms with Crippen molar-refractivity contribution in [1.29, 1.82) is 0 Å². The molecule has 1 aromatic carbocycles. The van der Waals surface area contributed by atoms with Crippen LogP contribution in [-0.2, 0) is 10.2 Å². The number of aryl methyl sites for hydroxylation is 1. The van der Waals surface area contributed by atoms with E-state index in [1.54, 1.807) is 19.1 Å². The first kappa shape index (κ1) is 17.2. The number of benzene rings is 1. The van der Waals surface area contributed by atoms with E-state index in [4.69, 9.17) is 4.52 Å². The van der Waals surface area contributed by atoms with Gasteiger partial charge in [-0.25, -0.2) is 4.39 Å². The summed E-state index contributed by atoms with van der Waals surface area (Å²) < 4.78 is 18.7. The van der Waals surface area contributed by atoms with Gasteiger partial charge in [0.1, 0.15) is 5.82 Å². The Balaban J connectivity index is 1.58. The van der Waals surface area contributed by atoms with E-state index in [0.29, 0.717) is 18.3 Å². The lowest BCUT2D eigenvalue weighted by molar-refractivity contribution is -0.138. The molecular weight excluding hydrogens is 333 g/mol. The molecule has 2 aliphatic rings. The zero-order valence-electron chi connectivity index (χ0n) is 15.1. The molecule has 1 saturated heterocycles. The van der Waals surface area contributed by atoms with Crippen LogP contribution < -0.4 is 0 Å². The number of hydrogen-bond acceptors (Lipinski definition) is 4. The molecule has 1 amide bonds. The zero-order chi connectivity index (χ0) is 18.1. The number of amides is 1. The fourth-order valence-corrected chi connectivity index (χ4v) is 4.52. The van der Waals surface area contributed by atoms with Gasteiger partial charge in [-0.1, -0.05) is 30.1 Å². The van der Waals surface area contributed by atoms with E-state index in [0.717, 1.165) is 50.6 Å². The van der Waals surface area contributed by atoms with Gasteiger partial charge < -0.3 is 9.42 Å². The Morgan fingerprint density at radius 3 is 2.62 bits per heavy atom. The molecule has 1 aliphatic carbocycles. The van der Waals surface area contributed by atoms with Crippen molar-refractivity contribution in [3.63, 3.8) is 0 Å². The lowest BCUT2D eigenvalue weighted by Crippen LogP contribution is -2.49. The molecule has 2 heterocycles. The predicted molar refractivity (Wildman–Crippen MR) is 94.1 cm³/mol. The molecule has 138 valence electrons. The molecule has 6 heteroatoms. The minimum atomic E-state index is -0.514. The third kappa shape index (κ3) is 3.02. The molecule has 1 atom stereocenters. The fourth-order valence-electron chi connectivity index (χ4n) is 4.52. The standard InChI is InChI=1S/C20H24FN3O2/c1-14-22-18(26-23-14)15-5-4-12-24(13-15)19(25)20(10-2-3-11-20)16-6-8-17(21)9-7-16/h6-9,15H,2-5,10-13H2,1H3/t15-/m1/s1. The number of rotatable bonds is 3. The maximum absolute atomic E-state index is 13.6. The number of nitrogens with zero attached hydrogens (tertiary/aromatic N) is 3. The van der Waals surface area contributed by atoms with Crippen molar-refractivity contribution in [3.8, 4) is 0 Å². The van der Waals surface area contributed by atoms with E-state index in [2.05, 4.69) is 10.1 Å². The Labute approximate surface area is 152 Å². The second-order valence-electron chi connectivity index (χ2n) is 7.57. The number of aromatic nitrogens is 2. The van der Waals surface area contributed by atoms with Crippen LogP contribution in [0.2, 0.25) is 0 Å². The number of piperidine rings is 1. The summed E-state index contributed by atoms with van der Waals surface area (Å²) in [6.45, 7) is 3.18. The van der Waals surface area contributed by atoms with Crippen LogP contribution >= 0.6 is 0 Å². The van der Waals surface area contributed by atoms with E-state index >= 15 is 0 Å². The second kappa shape index (κ2) is 6.82. The van der Waals surface area contributed by atoms with Crippen molar-refractivity contribution >= 4 is 5.91 Å². The van der Waals surface area contributed by atoms with E-state index in [9.17, 15) is 9.18 Å². The summed E-state index contributed by atoms with van der Waals surface area (Å²) in [6.07, 6.45) is 5.61. The van der Waals surface area contributed by atoms with Gasteiger partial charge in [0.15, 0.2) is 5.82 Å². The van der Waals surface area contributed by atoms with Crippen molar-refractivity contribution in [2.45, 2.75) is 56.8 Å². The largest absolute Gasteiger partial charge is 0.341 e. The van der Waals surface area contributed by atoms with Gasteiger partial charge >= 0.3 is 0 Å². The fraction of sp³-hybridized carbons (Fsp3) is 0.550. The SMILES string of the molecule is Cc1noc([C@@H]2CCCN(C(=O)C3(c4ccc(F)cc4)CCCC3)C2)n1. The minimum Gasteiger partial charge on any atom is -0.341 e. The van der Waals surface area contributed by atoms with Gasteiger partial charge in [0.25, 0.3) is 0 Å². The summed E-state index contributed by atoms with van der Waals surface area (Å²) >= 11 is 0. The normalized spacial score (nSPS) is 22.5. The second-order valence-corrected chi connectivity index (χ2v) is 7.57. The van der Waals surface area contributed by atoms with Crippen LogP contribution in [0.5, 0.6) is 0 Å². The van der Waals surface area contributed by atoms with Gasteiger partial charge in [-0.15, -0.1) is 0 Å². The molecule has 0 radical (unpaired) electrons. The van der Waals surface area contributed by atoms with Crippen molar-refractivity contribution in [1.82, 2.24) is 15.0 Å². The summed E-state index contributed by atoms with van der Waals surface area (Å²) in [4.78, 5) is 19.9. The molecule has 0 spiro atoms. The monoisotopic (exact) mass is 357 g/mol. The molecule has 1 aromatic heterocycles. The molecule has 1 saturated carbocycles. The van der Waals surface area contributed by atoms with Gasteiger partial charge in [-0.3, -0.25) is 4.79 Å². The zero-order valence-corrected chi connectivity index (χ0v) is 15.1. The first-order valence-corrected chi connectivity index (χ1v) is 9.44. The number of carbonyl (C=O) groups excluding carboxylic acids is 1. The summed E-state index contributed by atoms with van der Waals surface area (Å²) in [7, 11) is 0. The Hall–Kier alpha value is -2.24.